The molecule has 1 atom stereocenters. The number of fused-ring (bicyclic) bond motifs is 1. The number of amides is 2. The molecule has 1 aliphatic rings. The van der Waals surface area contributed by atoms with Gasteiger partial charge in [-0.25, -0.2) is 9.59 Å². The van der Waals surface area contributed by atoms with E-state index in [4.69, 9.17) is 18.9 Å². The van der Waals surface area contributed by atoms with E-state index in [0.29, 0.717) is 35.0 Å². The maximum absolute atomic E-state index is 13.2. The maximum atomic E-state index is 13.2. The zero-order chi connectivity index (χ0) is 22.5. The van der Waals surface area contributed by atoms with E-state index in [2.05, 4.69) is 5.32 Å². The van der Waals surface area contributed by atoms with Crippen molar-refractivity contribution in [3.63, 3.8) is 0 Å². The third-order valence-electron chi connectivity index (χ3n) is 5.13. The molecule has 1 aromatic carbocycles. The van der Waals surface area contributed by atoms with E-state index in [-0.39, 0.29) is 6.42 Å². The topological polar surface area (TPSA) is 103 Å². The number of urea groups is 1. The van der Waals surface area contributed by atoms with Crippen LogP contribution in [0.1, 0.15) is 33.3 Å². The lowest BCUT2D eigenvalue weighted by Gasteiger charge is -2.37. The second kappa shape index (κ2) is 9.69. The fourth-order valence-corrected chi connectivity index (χ4v) is 4.34. The molecule has 166 valence electrons. The minimum absolute atomic E-state index is 0.0279. The van der Waals surface area contributed by atoms with Crippen LogP contribution < -0.4 is 14.8 Å². The Morgan fingerprint density at radius 3 is 2.45 bits per heavy atom. The highest BCUT2D eigenvalue weighted by atomic mass is 32.1. The van der Waals surface area contributed by atoms with Gasteiger partial charge >= 0.3 is 18.0 Å². The van der Waals surface area contributed by atoms with Crippen molar-refractivity contribution in [2.75, 3.05) is 40.3 Å². The number of anilines is 1. The SMILES string of the molecule is COC(=O)C[C@@H]1c2cc(OC)c(OC)cc2CCN1C(=O)Nc1ccsc1C(=O)OC. The summed E-state index contributed by atoms with van der Waals surface area (Å²) in [4.78, 5) is 39.1. The molecule has 2 heterocycles. The predicted molar refractivity (Wildman–Crippen MR) is 114 cm³/mol. The zero-order valence-electron chi connectivity index (χ0n) is 17.7. The quantitative estimate of drug-likeness (QED) is 0.677. The molecule has 9 nitrogen and oxygen atoms in total. The second-order valence-electron chi connectivity index (χ2n) is 6.73. The van der Waals surface area contributed by atoms with Gasteiger partial charge in [0.05, 0.1) is 46.6 Å². The van der Waals surface area contributed by atoms with E-state index >= 15 is 0 Å². The number of thiophene rings is 1. The lowest BCUT2D eigenvalue weighted by Crippen LogP contribution is -2.43. The monoisotopic (exact) mass is 448 g/mol. The number of ether oxygens (including phenoxy) is 4. The molecule has 0 fully saturated rings. The van der Waals surface area contributed by atoms with Crippen LogP contribution in [0, 0.1) is 0 Å². The van der Waals surface area contributed by atoms with E-state index in [9.17, 15) is 14.4 Å². The second-order valence-corrected chi connectivity index (χ2v) is 7.65. The highest BCUT2D eigenvalue weighted by molar-refractivity contribution is 7.12. The van der Waals surface area contributed by atoms with Crippen LogP contribution in [0.5, 0.6) is 11.5 Å². The normalized spacial score (nSPS) is 15.0. The molecule has 10 heteroatoms. The molecule has 0 saturated heterocycles. The van der Waals surface area contributed by atoms with Crippen LogP contribution in [0.2, 0.25) is 0 Å². The van der Waals surface area contributed by atoms with Gasteiger partial charge in [-0.05, 0) is 41.1 Å². The molecule has 0 aliphatic carbocycles. The van der Waals surface area contributed by atoms with Crippen LogP contribution in [-0.2, 0) is 20.7 Å². The number of benzene rings is 1. The Labute approximate surface area is 183 Å². The molecule has 0 spiro atoms. The largest absolute Gasteiger partial charge is 0.493 e. The van der Waals surface area contributed by atoms with Crippen molar-refractivity contribution in [3.8, 4) is 11.5 Å². The molecule has 0 saturated carbocycles. The molecule has 31 heavy (non-hydrogen) atoms. The Morgan fingerprint density at radius 2 is 1.81 bits per heavy atom. The summed E-state index contributed by atoms with van der Waals surface area (Å²) < 4.78 is 20.4. The zero-order valence-corrected chi connectivity index (χ0v) is 18.5. The van der Waals surface area contributed by atoms with Gasteiger partial charge in [0.2, 0.25) is 0 Å². The smallest absolute Gasteiger partial charge is 0.350 e. The summed E-state index contributed by atoms with van der Waals surface area (Å²) in [7, 11) is 5.67. The van der Waals surface area contributed by atoms with Crippen molar-refractivity contribution in [2.45, 2.75) is 18.9 Å². The molecule has 2 amide bonds. The van der Waals surface area contributed by atoms with Gasteiger partial charge in [0, 0.05) is 6.54 Å². The number of esters is 2. The summed E-state index contributed by atoms with van der Waals surface area (Å²) in [5.41, 5.74) is 2.10. The van der Waals surface area contributed by atoms with Gasteiger partial charge in [-0.15, -0.1) is 11.3 Å². The molecule has 2 aromatic rings. The summed E-state index contributed by atoms with van der Waals surface area (Å²) in [6.45, 7) is 0.369. The van der Waals surface area contributed by atoms with Crippen molar-refractivity contribution in [2.24, 2.45) is 0 Å². The average Bonchev–Trinajstić information content (AvgIpc) is 3.25. The van der Waals surface area contributed by atoms with Crippen LogP contribution in [0.4, 0.5) is 10.5 Å². The molecule has 3 rings (SSSR count). The van der Waals surface area contributed by atoms with Crippen LogP contribution in [0.15, 0.2) is 23.6 Å². The Hall–Kier alpha value is -3.27. The van der Waals surface area contributed by atoms with Gasteiger partial charge in [-0.1, -0.05) is 0 Å². The summed E-state index contributed by atoms with van der Waals surface area (Å²) in [5, 5.41) is 4.46. The van der Waals surface area contributed by atoms with Crippen LogP contribution in [0.3, 0.4) is 0 Å². The number of hydrogen-bond donors (Lipinski definition) is 1. The first kappa shape index (κ1) is 22.4. The van der Waals surface area contributed by atoms with Gasteiger partial charge in [0.25, 0.3) is 0 Å². The van der Waals surface area contributed by atoms with E-state index in [1.807, 2.05) is 6.07 Å². The van der Waals surface area contributed by atoms with Crippen LogP contribution in [-0.4, -0.2) is 57.9 Å². The van der Waals surface area contributed by atoms with Crippen molar-refractivity contribution in [1.82, 2.24) is 4.90 Å². The fraction of sp³-hybridized carbons (Fsp3) is 0.381. The summed E-state index contributed by atoms with van der Waals surface area (Å²) in [6, 6.07) is 4.28. The number of carbonyl (C=O) groups is 3. The Kier molecular flexibility index (Phi) is 7.01. The molecule has 0 unspecified atom stereocenters. The lowest BCUT2D eigenvalue weighted by atomic mass is 9.90. The van der Waals surface area contributed by atoms with Crippen LogP contribution >= 0.6 is 11.3 Å². The van der Waals surface area contributed by atoms with Gasteiger partial charge in [0.15, 0.2) is 11.5 Å². The fourth-order valence-electron chi connectivity index (χ4n) is 3.58. The lowest BCUT2D eigenvalue weighted by molar-refractivity contribution is -0.141. The molecule has 1 aliphatic heterocycles. The van der Waals surface area contributed by atoms with E-state index < -0.39 is 24.0 Å². The van der Waals surface area contributed by atoms with E-state index in [0.717, 1.165) is 11.1 Å². The van der Waals surface area contributed by atoms with E-state index in [1.165, 1.54) is 32.7 Å². The van der Waals surface area contributed by atoms with Crippen molar-refractivity contribution in [3.05, 3.63) is 39.6 Å². The first-order valence-corrected chi connectivity index (χ1v) is 10.4. The first-order valence-electron chi connectivity index (χ1n) is 9.48. The molecule has 1 aromatic heterocycles. The minimum Gasteiger partial charge on any atom is -0.493 e. The highest BCUT2D eigenvalue weighted by Gasteiger charge is 2.34. The third-order valence-corrected chi connectivity index (χ3v) is 6.02. The standard InChI is InChI=1S/C21H24N2O7S/c1-27-16-9-12-5-7-23(15(11-18(24)29-3)13(12)10-17(16)28-2)21(26)22-14-6-8-31-19(14)20(25)30-4/h6,8-10,15H,5,7,11H2,1-4H3,(H,22,26)/t15-/m1/s1. The average molecular weight is 448 g/mol. The van der Waals surface area contributed by atoms with Gasteiger partial charge in [-0.3, -0.25) is 4.79 Å². The van der Waals surface area contributed by atoms with Gasteiger partial charge in [0.1, 0.15) is 4.88 Å². The number of methoxy groups -OCH3 is 4. The van der Waals surface area contributed by atoms with Crippen molar-refractivity contribution in [1.29, 1.82) is 0 Å². The maximum Gasteiger partial charge on any atom is 0.350 e. The van der Waals surface area contributed by atoms with Crippen molar-refractivity contribution >= 4 is 35.0 Å². The highest BCUT2D eigenvalue weighted by Crippen LogP contribution is 2.40. The minimum atomic E-state index is -0.573. The summed E-state index contributed by atoms with van der Waals surface area (Å²) >= 11 is 1.17. The number of hydrogen-bond acceptors (Lipinski definition) is 8. The molecule has 0 radical (unpaired) electrons. The Balaban J connectivity index is 1.94. The summed E-state index contributed by atoms with van der Waals surface area (Å²) in [6.07, 6.45) is 0.536. The Bertz CT molecular complexity index is 988. The number of rotatable bonds is 6. The van der Waals surface area contributed by atoms with Gasteiger partial charge < -0.3 is 29.2 Å². The molecular weight excluding hydrogens is 424 g/mol. The third kappa shape index (κ3) is 4.58. The number of carbonyl (C=O) groups excluding carboxylic acids is 3. The summed E-state index contributed by atoms with van der Waals surface area (Å²) in [5.74, 6) is 0.106. The van der Waals surface area contributed by atoms with E-state index in [1.54, 1.807) is 29.5 Å². The number of nitrogens with one attached hydrogen (secondary N) is 1. The Morgan fingerprint density at radius 1 is 1.10 bits per heavy atom. The van der Waals surface area contributed by atoms with Crippen molar-refractivity contribution < 1.29 is 33.3 Å². The number of nitrogens with zero attached hydrogens (tertiary/aromatic N) is 1. The molecule has 1 N–H and O–H groups in total. The molecular formula is C21H24N2O7S. The predicted octanol–water partition coefficient (Wildman–Crippen LogP) is 3.25. The first-order chi connectivity index (χ1) is 14.9. The van der Waals surface area contributed by atoms with Crippen LogP contribution in [0.25, 0.3) is 0 Å². The van der Waals surface area contributed by atoms with Gasteiger partial charge in [-0.2, -0.15) is 0 Å². The molecule has 0 bridgehead atoms.